The summed E-state index contributed by atoms with van der Waals surface area (Å²) in [5.74, 6) is -0.212. The van der Waals surface area contributed by atoms with Gasteiger partial charge in [-0.2, -0.15) is 5.21 Å². The molecule has 4 aromatic rings. The average Bonchev–Trinajstić information content (AvgIpc) is 3.16. The van der Waals surface area contributed by atoms with E-state index in [1.165, 1.54) is 10.6 Å². The fraction of sp³-hybridized carbons (Fsp3) is 0.0769. The van der Waals surface area contributed by atoms with Crippen molar-refractivity contribution in [2.75, 3.05) is 5.32 Å². The summed E-state index contributed by atoms with van der Waals surface area (Å²) in [6, 6.07) is 7.37. The Kier molecular flexibility index (Phi) is 2.70. The maximum atomic E-state index is 12.7. The van der Waals surface area contributed by atoms with Gasteiger partial charge >= 0.3 is 0 Å². The number of aryl methyl sites for hydroxylation is 1. The molecular formula is C13H10N8O2. The third-order valence-corrected chi connectivity index (χ3v) is 3.54. The maximum absolute atomic E-state index is 12.7. The lowest BCUT2D eigenvalue weighted by Crippen LogP contribution is -2.27. The van der Waals surface area contributed by atoms with Gasteiger partial charge in [0.15, 0.2) is 0 Å². The predicted octanol–water partition coefficient (Wildman–Crippen LogP) is -0.0484. The van der Waals surface area contributed by atoms with E-state index in [0.29, 0.717) is 11.3 Å². The first-order valence-electron chi connectivity index (χ1n) is 6.67. The van der Waals surface area contributed by atoms with Gasteiger partial charge in [0.25, 0.3) is 17.4 Å². The van der Waals surface area contributed by atoms with Gasteiger partial charge in [-0.05, 0) is 17.3 Å². The number of benzene rings is 1. The molecule has 0 spiro atoms. The highest BCUT2D eigenvalue weighted by atomic mass is 16.2. The zero-order valence-electron chi connectivity index (χ0n) is 11.9. The molecular weight excluding hydrogens is 300 g/mol. The highest BCUT2D eigenvalue weighted by Gasteiger charge is 2.18. The number of carbonyl (C=O) groups excluding carboxylic acids is 1. The molecule has 114 valence electrons. The normalized spacial score (nSPS) is 11.2. The van der Waals surface area contributed by atoms with Crippen molar-refractivity contribution in [2.45, 2.75) is 0 Å². The average molecular weight is 310 g/mol. The van der Waals surface area contributed by atoms with Crippen molar-refractivity contribution in [1.29, 1.82) is 0 Å². The third-order valence-electron chi connectivity index (χ3n) is 3.54. The third kappa shape index (κ3) is 1.88. The minimum Gasteiger partial charge on any atom is -0.313 e. The van der Waals surface area contributed by atoms with Crippen LogP contribution in [0, 0.1) is 0 Å². The van der Waals surface area contributed by atoms with Crippen molar-refractivity contribution in [3.05, 3.63) is 46.4 Å². The van der Waals surface area contributed by atoms with Gasteiger partial charge in [-0.1, -0.05) is 17.2 Å². The molecule has 4 rings (SSSR count). The summed E-state index contributed by atoms with van der Waals surface area (Å²) in [6.45, 7) is 0. The van der Waals surface area contributed by atoms with Crippen LogP contribution in [0.1, 0.15) is 10.4 Å². The monoisotopic (exact) mass is 310 g/mol. The second-order valence-electron chi connectivity index (χ2n) is 4.85. The van der Waals surface area contributed by atoms with Crippen LogP contribution in [0.4, 0.5) is 5.95 Å². The Bertz CT molecular complexity index is 1090. The molecule has 2 N–H and O–H groups in total. The first-order chi connectivity index (χ1) is 11.2. The standard InChI is InChI=1S/C13H10N8O2/c1-20-8-4-2-3-5-9(8)21-11(23)7(6-14-13(20)21)10(22)15-12-16-18-19-17-12/h2-6H,1H3,(H2,15,16,17,18,19,22). The summed E-state index contributed by atoms with van der Waals surface area (Å²) in [5, 5.41) is 15.2. The summed E-state index contributed by atoms with van der Waals surface area (Å²) in [4.78, 5) is 29.2. The number of para-hydroxylation sites is 2. The summed E-state index contributed by atoms with van der Waals surface area (Å²) < 4.78 is 3.19. The number of nitrogens with one attached hydrogen (secondary N) is 2. The van der Waals surface area contributed by atoms with E-state index in [0.717, 1.165) is 5.52 Å². The number of amides is 1. The number of nitrogens with zero attached hydrogens (tertiary/aromatic N) is 6. The Morgan fingerprint density at radius 1 is 1.26 bits per heavy atom. The highest BCUT2D eigenvalue weighted by molar-refractivity contribution is 6.03. The number of hydrogen-bond donors (Lipinski definition) is 2. The molecule has 0 atom stereocenters. The van der Waals surface area contributed by atoms with Crippen LogP contribution >= 0.6 is 0 Å². The van der Waals surface area contributed by atoms with E-state index in [1.54, 1.807) is 10.6 Å². The minimum absolute atomic E-state index is 0.0163. The largest absolute Gasteiger partial charge is 0.313 e. The molecule has 0 bridgehead atoms. The van der Waals surface area contributed by atoms with Crippen LogP contribution in [0.5, 0.6) is 0 Å². The van der Waals surface area contributed by atoms with Crippen molar-refractivity contribution in [2.24, 2.45) is 7.05 Å². The minimum atomic E-state index is -0.647. The molecule has 1 amide bonds. The second kappa shape index (κ2) is 4.73. The van der Waals surface area contributed by atoms with Gasteiger partial charge in [-0.15, -0.1) is 5.10 Å². The van der Waals surface area contributed by atoms with Crippen LogP contribution in [0.15, 0.2) is 35.3 Å². The molecule has 3 aromatic heterocycles. The van der Waals surface area contributed by atoms with Crippen LogP contribution in [-0.4, -0.2) is 40.5 Å². The number of anilines is 1. The zero-order valence-corrected chi connectivity index (χ0v) is 11.9. The van der Waals surface area contributed by atoms with Gasteiger partial charge in [0.1, 0.15) is 5.56 Å². The molecule has 0 saturated heterocycles. The molecule has 0 radical (unpaired) electrons. The van der Waals surface area contributed by atoms with E-state index in [1.807, 2.05) is 25.2 Å². The van der Waals surface area contributed by atoms with E-state index in [4.69, 9.17) is 0 Å². The van der Waals surface area contributed by atoms with Gasteiger partial charge in [-0.3, -0.25) is 14.9 Å². The molecule has 0 aliphatic carbocycles. The highest BCUT2D eigenvalue weighted by Crippen LogP contribution is 2.16. The summed E-state index contributed by atoms with van der Waals surface area (Å²) in [7, 11) is 1.81. The lowest BCUT2D eigenvalue weighted by atomic mass is 10.3. The lowest BCUT2D eigenvalue weighted by molar-refractivity contribution is 0.102. The summed E-state index contributed by atoms with van der Waals surface area (Å²) >= 11 is 0. The number of tetrazole rings is 1. The van der Waals surface area contributed by atoms with Crippen LogP contribution < -0.4 is 10.9 Å². The van der Waals surface area contributed by atoms with Crippen molar-refractivity contribution in [3.63, 3.8) is 0 Å². The number of aromatic nitrogens is 7. The molecule has 0 aliphatic rings. The van der Waals surface area contributed by atoms with Crippen LogP contribution in [0.2, 0.25) is 0 Å². The quantitative estimate of drug-likeness (QED) is 0.535. The fourth-order valence-electron chi connectivity index (χ4n) is 2.48. The number of imidazole rings is 1. The number of fused-ring (bicyclic) bond motifs is 3. The van der Waals surface area contributed by atoms with Crippen molar-refractivity contribution >= 4 is 28.7 Å². The van der Waals surface area contributed by atoms with Crippen LogP contribution in [0.25, 0.3) is 16.8 Å². The van der Waals surface area contributed by atoms with Gasteiger partial charge < -0.3 is 4.57 Å². The smallest absolute Gasteiger partial charge is 0.272 e. The molecule has 10 nitrogen and oxygen atoms in total. The number of carbonyl (C=O) groups is 1. The molecule has 23 heavy (non-hydrogen) atoms. The fourth-order valence-corrected chi connectivity index (χ4v) is 2.48. The molecule has 3 heterocycles. The molecule has 10 heteroatoms. The Balaban J connectivity index is 1.93. The topological polar surface area (TPSA) is 123 Å². The van der Waals surface area contributed by atoms with E-state index in [-0.39, 0.29) is 11.5 Å². The zero-order chi connectivity index (χ0) is 16.0. The second-order valence-corrected chi connectivity index (χ2v) is 4.85. The van der Waals surface area contributed by atoms with Crippen molar-refractivity contribution in [1.82, 2.24) is 34.6 Å². The number of hydrogen-bond acceptors (Lipinski definition) is 6. The van der Waals surface area contributed by atoms with Gasteiger partial charge in [0, 0.05) is 13.2 Å². The first kappa shape index (κ1) is 13.1. The van der Waals surface area contributed by atoms with Gasteiger partial charge in [0.05, 0.1) is 11.0 Å². The Labute approximate surface area is 127 Å². The molecule has 0 fully saturated rings. The number of aromatic amines is 1. The molecule has 0 aliphatic heterocycles. The Morgan fingerprint density at radius 2 is 2.04 bits per heavy atom. The number of H-pyrrole nitrogens is 1. The molecule has 0 unspecified atom stereocenters. The van der Waals surface area contributed by atoms with E-state index in [9.17, 15) is 9.59 Å². The lowest BCUT2D eigenvalue weighted by Gasteiger charge is -2.01. The van der Waals surface area contributed by atoms with Crippen molar-refractivity contribution < 1.29 is 4.79 Å². The maximum Gasteiger partial charge on any atom is 0.272 e. The van der Waals surface area contributed by atoms with Gasteiger partial charge in [-0.25, -0.2) is 9.38 Å². The first-order valence-corrected chi connectivity index (χ1v) is 6.67. The van der Waals surface area contributed by atoms with E-state index in [2.05, 4.69) is 30.9 Å². The van der Waals surface area contributed by atoms with E-state index >= 15 is 0 Å². The summed E-state index contributed by atoms with van der Waals surface area (Å²) in [6.07, 6.45) is 1.24. The van der Waals surface area contributed by atoms with Crippen LogP contribution in [0.3, 0.4) is 0 Å². The Hall–Kier alpha value is -3.56. The van der Waals surface area contributed by atoms with Crippen LogP contribution in [-0.2, 0) is 7.05 Å². The Morgan fingerprint density at radius 3 is 2.78 bits per heavy atom. The SMILES string of the molecule is Cn1c2ccccc2n2c(=O)c(C(=O)Nc3nn[nH]n3)cnc12. The molecule has 1 aromatic carbocycles. The predicted molar refractivity (Wildman–Crippen MR) is 80.1 cm³/mol. The number of rotatable bonds is 2. The summed E-state index contributed by atoms with van der Waals surface area (Å²) in [5.41, 5.74) is 0.945. The molecule has 0 saturated carbocycles. The van der Waals surface area contributed by atoms with Gasteiger partial charge in [0.2, 0.25) is 5.78 Å². The van der Waals surface area contributed by atoms with Crippen molar-refractivity contribution in [3.8, 4) is 0 Å². The van der Waals surface area contributed by atoms with E-state index < -0.39 is 11.5 Å².